The van der Waals surface area contributed by atoms with Gasteiger partial charge in [-0.1, -0.05) is 6.07 Å². The normalized spacial score (nSPS) is 37.2. The summed E-state index contributed by atoms with van der Waals surface area (Å²) in [5.41, 5.74) is 1.60. The molecule has 0 radical (unpaired) electrons. The van der Waals surface area contributed by atoms with E-state index in [4.69, 9.17) is 0 Å². The topological polar surface area (TPSA) is 33.1 Å². The maximum absolute atomic E-state index is 11.3. The molecule has 1 N–H and O–H groups in total. The minimum Gasteiger partial charge on any atom is -0.389 e. The molecule has 0 unspecified atom stereocenters. The molecule has 2 aliphatic carbocycles. The summed E-state index contributed by atoms with van der Waals surface area (Å²) in [6.45, 7) is 2.03. The fourth-order valence-corrected chi connectivity index (χ4v) is 8.47. The lowest BCUT2D eigenvalue weighted by atomic mass is 9.84. The van der Waals surface area contributed by atoms with Gasteiger partial charge in [0.2, 0.25) is 0 Å². The first-order chi connectivity index (χ1) is 10.1. The number of thioether (sulfide) groups is 2. The molecular formula is C17H23NOS2. The van der Waals surface area contributed by atoms with E-state index in [-0.39, 0.29) is 0 Å². The van der Waals surface area contributed by atoms with Crippen molar-refractivity contribution in [2.45, 2.75) is 48.7 Å². The van der Waals surface area contributed by atoms with Gasteiger partial charge in [-0.25, -0.2) is 0 Å². The van der Waals surface area contributed by atoms with Crippen LogP contribution in [0.1, 0.15) is 37.1 Å². The van der Waals surface area contributed by atoms with E-state index in [9.17, 15) is 5.11 Å². The van der Waals surface area contributed by atoms with Crippen LogP contribution in [0.3, 0.4) is 0 Å². The van der Waals surface area contributed by atoms with E-state index in [0.29, 0.717) is 15.9 Å². The molecular weight excluding hydrogens is 298 g/mol. The average Bonchev–Trinajstić information content (AvgIpc) is 3.12. The van der Waals surface area contributed by atoms with Gasteiger partial charge in [-0.3, -0.25) is 4.98 Å². The van der Waals surface area contributed by atoms with Crippen molar-refractivity contribution in [1.82, 2.24) is 4.98 Å². The Kier molecular flexibility index (Phi) is 3.55. The molecule has 3 atom stereocenters. The highest BCUT2D eigenvalue weighted by Crippen LogP contribution is 2.65. The third kappa shape index (κ3) is 2.34. The largest absolute Gasteiger partial charge is 0.389 e. The van der Waals surface area contributed by atoms with Gasteiger partial charge < -0.3 is 5.11 Å². The van der Waals surface area contributed by atoms with Crippen LogP contribution in [-0.4, -0.2) is 31.3 Å². The molecule has 0 bridgehead atoms. The Morgan fingerprint density at radius 3 is 2.71 bits per heavy atom. The van der Waals surface area contributed by atoms with Gasteiger partial charge >= 0.3 is 0 Å². The fourth-order valence-electron chi connectivity index (χ4n) is 4.76. The Labute approximate surface area is 135 Å². The summed E-state index contributed by atoms with van der Waals surface area (Å²) in [4.78, 5) is 4.61. The first-order valence-electron chi connectivity index (χ1n) is 8.04. The molecule has 114 valence electrons. The number of rotatable bonds is 2. The van der Waals surface area contributed by atoms with Gasteiger partial charge in [0.1, 0.15) is 0 Å². The summed E-state index contributed by atoms with van der Waals surface area (Å²) < 4.78 is 0.440. The monoisotopic (exact) mass is 321 g/mol. The number of hydrogen-bond acceptors (Lipinski definition) is 4. The predicted octanol–water partition coefficient (Wildman–Crippen LogP) is 3.66. The molecule has 4 heteroatoms. The van der Waals surface area contributed by atoms with Crippen LogP contribution in [0.5, 0.6) is 0 Å². The minimum atomic E-state index is -0.515. The molecule has 2 nitrogen and oxygen atoms in total. The zero-order valence-electron chi connectivity index (χ0n) is 12.5. The maximum atomic E-state index is 11.3. The Bertz CT molecular complexity index is 543. The zero-order valence-corrected chi connectivity index (χ0v) is 14.2. The van der Waals surface area contributed by atoms with Crippen molar-refractivity contribution in [1.29, 1.82) is 0 Å². The minimum absolute atomic E-state index is 0.440. The van der Waals surface area contributed by atoms with E-state index in [1.807, 2.05) is 13.0 Å². The number of fused-ring (bicyclic) bond motifs is 2. The molecule has 1 saturated heterocycles. The van der Waals surface area contributed by atoms with Crippen molar-refractivity contribution in [2.75, 3.05) is 11.5 Å². The second-order valence-corrected chi connectivity index (χ2v) is 9.96. The highest BCUT2D eigenvalue weighted by Gasteiger charge is 2.60. The maximum Gasteiger partial charge on any atom is 0.0734 e. The lowest BCUT2D eigenvalue weighted by Gasteiger charge is -2.32. The Balaban J connectivity index is 1.56. The molecule has 2 saturated carbocycles. The fraction of sp³-hybridized carbons (Fsp3) is 0.706. The van der Waals surface area contributed by atoms with E-state index in [1.54, 1.807) is 0 Å². The third-order valence-corrected chi connectivity index (χ3v) is 9.42. The molecule has 2 heterocycles. The van der Waals surface area contributed by atoms with E-state index in [2.05, 4.69) is 40.6 Å². The molecule has 0 aromatic carbocycles. The smallest absolute Gasteiger partial charge is 0.0734 e. The van der Waals surface area contributed by atoms with Crippen LogP contribution in [0, 0.1) is 18.8 Å². The Morgan fingerprint density at radius 1 is 1.19 bits per heavy atom. The van der Waals surface area contributed by atoms with Crippen molar-refractivity contribution in [3.05, 3.63) is 29.6 Å². The lowest BCUT2D eigenvalue weighted by molar-refractivity contribution is -0.00250. The molecule has 21 heavy (non-hydrogen) atoms. The van der Waals surface area contributed by atoms with Gasteiger partial charge in [-0.15, -0.1) is 23.5 Å². The summed E-state index contributed by atoms with van der Waals surface area (Å²) in [6, 6.07) is 6.16. The second kappa shape index (κ2) is 5.17. The van der Waals surface area contributed by atoms with Crippen molar-refractivity contribution < 1.29 is 5.11 Å². The molecule has 3 aliphatic rings. The quantitative estimate of drug-likeness (QED) is 0.901. The van der Waals surface area contributed by atoms with Gasteiger partial charge in [-0.2, -0.15) is 0 Å². The summed E-state index contributed by atoms with van der Waals surface area (Å²) >= 11 is 4.35. The highest BCUT2D eigenvalue weighted by molar-refractivity contribution is 8.21. The highest BCUT2D eigenvalue weighted by atomic mass is 32.2. The van der Waals surface area contributed by atoms with Gasteiger partial charge in [0, 0.05) is 29.3 Å². The van der Waals surface area contributed by atoms with Gasteiger partial charge in [0.25, 0.3) is 0 Å². The molecule has 1 spiro atoms. The summed E-state index contributed by atoms with van der Waals surface area (Å²) in [5, 5.41) is 11.3. The SMILES string of the molecule is Cc1cccc(C[C@@]2(O)CC[C@H]3[C@@H]2CCC32SCCS2)n1. The number of aryl methyl sites for hydroxylation is 1. The van der Waals surface area contributed by atoms with Gasteiger partial charge in [0.15, 0.2) is 0 Å². The third-order valence-electron chi connectivity index (χ3n) is 5.64. The van der Waals surface area contributed by atoms with Crippen molar-refractivity contribution >= 4 is 23.5 Å². The number of pyridine rings is 1. The summed E-state index contributed by atoms with van der Waals surface area (Å²) in [5.74, 6) is 3.79. The summed E-state index contributed by atoms with van der Waals surface area (Å²) in [6.07, 6.45) is 5.39. The zero-order chi connectivity index (χ0) is 14.5. The number of hydrogen-bond donors (Lipinski definition) is 1. The first-order valence-corrected chi connectivity index (χ1v) is 10.0. The van der Waals surface area contributed by atoms with Gasteiger partial charge in [-0.05, 0) is 56.6 Å². The number of aromatic nitrogens is 1. The van der Waals surface area contributed by atoms with Crippen LogP contribution in [0.15, 0.2) is 18.2 Å². The number of nitrogens with zero attached hydrogens (tertiary/aromatic N) is 1. The van der Waals surface area contributed by atoms with Crippen LogP contribution in [0.4, 0.5) is 0 Å². The molecule has 0 amide bonds. The molecule has 1 aromatic rings. The molecule has 1 aliphatic heterocycles. The van der Waals surface area contributed by atoms with Crippen molar-refractivity contribution in [2.24, 2.45) is 11.8 Å². The number of aliphatic hydroxyl groups is 1. The Hall–Kier alpha value is -0.190. The van der Waals surface area contributed by atoms with Crippen molar-refractivity contribution in [3.8, 4) is 0 Å². The van der Waals surface area contributed by atoms with Crippen LogP contribution in [0.25, 0.3) is 0 Å². The lowest BCUT2D eigenvalue weighted by Crippen LogP contribution is -2.37. The van der Waals surface area contributed by atoms with E-state index >= 15 is 0 Å². The Morgan fingerprint density at radius 2 is 1.95 bits per heavy atom. The average molecular weight is 322 g/mol. The predicted molar refractivity (Wildman–Crippen MR) is 90.7 cm³/mol. The van der Waals surface area contributed by atoms with Gasteiger partial charge in [0.05, 0.1) is 9.68 Å². The molecule has 3 fully saturated rings. The van der Waals surface area contributed by atoms with Crippen LogP contribution in [0.2, 0.25) is 0 Å². The van der Waals surface area contributed by atoms with Crippen molar-refractivity contribution in [3.63, 3.8) is 0 Å². The van der Waals surface area contributed by atoms with E-state index < -0.39 is 5.60 Å². The standard InChI is InChI=1S/C17H23NOS2/c1-12-3-2-4-13(18-12)11-16(19)7-5-15-14(16)6-8-17(15)20-9-10-21-17/h2-4,14-15,19H,5-11H2,1H3/t14-,15-,16-/m0/s1. The molecule has 1 aromatic heterocycles. The van der Waals surface area contributed by atoms with E-state index in [0.717, 1.165) is 24.2 Å². The molecule has 4 rings (SSSR count). The van der Waals surface area contributed by atoms with Crippen LogP contribution < -0.4 is 0 Å². The second-order valence-electron chi connectivity index (χ2n) is 6.85. The van der Waals surface area contributed by atoms with Crippen LogP contribution >= 0.6 is 23.5 Å². The summed E-state index contributed by atoms with van der Waals surface area (Å²) in [7, 11) is 0. The first kappa shape index (κ1) is 14.4. The van der Waals surface area contributed by atoms with E-state index in [1.165, 1.54) is 30.8 Å². The van der Waals surface area contributed by atoms with Crippen LogP contribution in [-0.2, 0) is 6.42 Å².